The number of para-hydroxylation sites is 1. The molecule has 1 aliphatic rings. The minimum absolute atomic E-state index is 0.0677. The first-order valence-corrected chi connectivity index (χ1v) is 10.1. The second-order valence-electron chi connectivity index (χ2n) is 6.33. The van der Waals surface area contributed by atoms with E-state index in [2.05, 4.69) is 10.4 Å². The smallest absolute Gasteiger partial charge is 0.359 e. The van der Waals surface area contributed by atoms with Gasteiger partial charge in [0.05, 0.1) is 16.3 Å². The molecule has 0 bridgehead atoms. The first kappa shape index (κ1) is 20.6. The van der Waals surface area contributed by atoms with Crippen molar-refractivity contribution < 1.29 is 27.5 Å². The van der Waals surface area contributed by atoms with Crippen molar-refractivity contribution >= 4 is 26.9 Å². The van der Waals surface area contributed by atoms with Crippen LogP contribution in [0.3, 0.4) is 0 Å². The number of rotatable bonds is 5. The van der Waals surface area contributed by atoms with Gasteiger partial charge in [0, 0.05) is 32.3 Å². The van der Waals surface area contributed by atoms with E-state index in [0.29, 0.717) is 0 Å². The zero-order valence-corrected chi connectivity index (χ0v) is 16.3. The molecule has 2 heterocycles. The Labute approximate surface area is 162 Å². The number of hydrogen-bond donors (Lipinski definition) is 2. The number of hydroxylamine groups is 1. The summed E-state index contributed by atoms with van der Waals surface area (Å²) in [5.41, 5.74) is 3.73. The summed E-state index contributed by atoms with van der Waals surface area (Å²) in [6.07, 6.45) is -0.0996. The number of primary sulfonamides is 1. The molecule has 1 aliphatic heterocycles. The highest BCUT2D eigenvalue weighted by atomic mass is 32.2. The maximum atomic E-state index is 12.6. The molecule has 11 heteroatoms. The van der Waals surface area contributed by atoms with Gasteiger partial charge in [-0.3, -0.25) is 4.98 Å². The molecule has 3 rings (SSSR count). The van der Waals surface area contributed by atoms with E-state index >= 15 is 0 Å². The Kier molecular flexibility index (Phi) is 6.23. The summed E-state index contributed by atoms with van der Waals surface area (Å²) in [5, 5.41) is 6.18. The van der Waals surface area contributed by atoms with Gasteiger partial charge in [-0.2, -0.15) is 0 Å². The molecule has 0 radical (unpaired) electrons. The number of hydrazine groups is 1. The molecule has 3 unspecified atom stereocenters. The Bertz CT molecular complexity index is 954. The van der Waals surface area contributed by atoms with Gasteiger partial charge < -0.3 is 14.3 Å². The summed E-state index contributed by atoms with van der Waals surface area (Å²) >= 11 is 0. The number of sulfonamides is 1. The summed E-state index contributed by atoms with van der Waals surface area (Å²) in [6, 6.07) is 9.01. The third kappa shape index (κ3) is 4.46. The monoisotopic (exact) mass is 410 g/mol. The Hall–Kier alpha value is -2.15. The van der Waals surface area contributed by atoms with Gasteiger partial charge in [-0.1, -0.05) is 18.2 Å². The largest absolute Gasteiger partial charge is 0.377 e. The standard InChI is InChI=1S/C17H22N4O6S/c1-25-15-8-13(28(18,23)24)10-20-21(16(15)26-2)27-17(22)12-7-11-5-3-4-6-14(11)19-9-12/h3-7,9,13,15-16,20H,8,10H2,1-2H3,(H2,18,23,24). The molecule has 0 spiro atoms. The van der Waals surface area contributed by atoms with Crippen molar-refractivity contribution in [3.63, 3.8) is 0 Å². The number of carbonyl (C=O) groups is 1. The fourth-order valence-electron chi connectivity index (χ4n) is 3.01. The number of aromatic nitrogens is 1. The fourth-order valence-corrected chi connectivity index (χ4v) is 3.78. The predicted octanol–water partition coefficient (Wildman–Crippen LogP) is 0.162. The normalized spacial score (nSPS) is 24.0. The molecule has 0 aliphatic carbocycles. The van der Waals surface area contributed by atoms with Crippen LogP contribution >= 0.6 is 0 Å². The fraction of sp³-hybridized carbons (Fsp3) is 0.412. The molecule has 1 saturated heterocycles. The van der Waals surface area contributed by atoms with Gasteiger partial charge in [-0.05, 0) is 23.7 Å². The maximum Gasteiger partial charge on any atom is 0.359 e. The van der Waals surface area contributed by atoms with Crippen LogP contribution in [0.5, 0.6) is 0 Å². The lowest BCUT2D eigenvalue weighted by atomic mass is 10.1. The van der Waals surface area contributed by atoms with Gasteiger partial charge >= 0.3 is 5.97 Å². The molecule has 1 aromatic heterocycles. The molecular weight excluding hydrogens is 388 g/mol. The van der Waals surface area contributed by atoms with Gasteiger partial charge in [-0.25, -0.2) is 23.8 Å². The Balaban J connectivity index is 1.82. The molecule has 0 amide bonds. The molecule has 2 aromatic rings. The van der Waals surface area contributed by atoms with Gasteiger partial charge in [-0.15, -0.1) is 0 Å². The Morgan fingerprint density at radius 2 is 2.04 bits per heavy atom. The predicted molar refractivity (Wildman–Crippen MR) is 100 cm³/mol. The number of fused-ring (bicyclic) bond motifs is 1. The van der Waals surface area contributed by atoms with E-state index in [1.165, 1.54) is 20.4 Å². The van der Waals surface area contributed by atoms with Crippen LogP contribution in [0, 0.1) is 0 Å². The highest BCUT2D eigenvalue weighted by molar-refractivity contribution is 7.89. The number of nitrogens with one attached hydrogen (secondary N) is 1. The highest BCUT2D eigenvalue weighted by Gasteiger charge is 2.39. The average Bonchev–Trinajstić information content (AvgIpc) is 2.86. The zero-order chi connectivity index (χ0) is 20.3. The topological polar surface area (TPSA) is 133 Å². The lowest BCUT2D eigenvalue weighted by Gasteiger charge is -2.30. The number of carbonyl (C=O) groups excluding carboxylic acids is 1. The molecule has 0 saturated carbocycles. The quantitative estimate of drug-likeness (QED) is 0.707. The molecule has 1 aromatic carbocycles. The van der Waals surface area contributed by atoms with Gasteiger partial charge in [0.25, 0.3) is 0 Å². The minimum atomic E-state index is -3.83. The highest BCUT2D eigenvalue weighted by Crippen LogP contribution is 2.21. The average molecular weight is 410 g/mol. The number of methoxy groups -OCH3 is 2. The maximum absolute atomic E-state index is 12.6. The summed E-state index contributed by atoms with van der Waals surface area (Å²) in [6.45, 7) is -0.0677. The molecule has 3 N–H and O–H groups in total. The van der Waals surface area contributed by atoms with E-state index in [1.54, 1.807) is 6.07 Å². The van der Waals surface area contributed by atoms with Crippen LogP contribution in [0.1, 0.15) is 16.8 Å². The van der Waals surface area contributed by atoms with Crippen molar-refractivity contribution in [3.8, 4) is 0 Å². The minimum Gasteiger partial charge on any atom is -0.377 e. The van der Waals surface area contributed by atoms with Crippen molar-refractivity contribution in [1.82, 2.24) is 15.6 Å². The molecule has 10 nitrogen and oxygen atoms in total. The van der Waals surface area contributed by atoms with Gasteiger partial charge in [0.1, 0.15) is 6.10 Å². The number of pyridine rings is 1. The second kappa shape index (κ2) is 8.47. The van der Waals surface area contributed by atoms with Crippen molar-refractivity contribution in [2.75, 3.05) is 20.8 Å². The Morgan fingerprint density at radius 1 is 1.29 bits per heavy atom. The van der Waals surface area contributed by atoms with E-state index in [-0.39, 0.29) is 18.5 Å². The van der Waals surface area contributed by atoms with Crippen LogP contribution in [0.2, 0.25) is 0 Å². The lowest BCUT2D eigenvalue weighted by molar-refractivity contribution is -0.262. The summed E-state index contributed by atoms with van der Waals surface area (Å²) in [4.78, 5) is 22.3. The van der Waals surface area contributed by atoms with Crippen LogP contribution in [0.15, 0.2) is 36.5 Å². The van der Waals surface area contributed by atoms with E-state index in [1.807, 2.05) is 24.3 Å². The van der Waals surface area contributed by atoms with Gasteiger partial charge in [0.2, 0.25) is 10.0 Å². The van der Waals surface area contributed by atoms with Crippen LogP contribution in [-0.4, -0.2) is 62.9 Å². The first-order chi connectivity index (χ1) is 13.3. The first-order valence-electron chi connectivity index (χ1n) is 8.50. The molecule has 1 fully saturated rings. The molecular formula is C17H22N4O6S. The van der Waals surface area contributed by atoms with E-state index in [0.717, 1.165) is 16.1 Å². The SMILES string of the molecule is COC1CC(S(N)(=O)=O)CNN(OC(=O)c2cnc3ccccc3c2)C1OC. The number of nitrogens with zero attached hydrogens (tertiary/aromatic N) is 2. The number of ether oxygens (including phenoxy) is 2. The second-order valence-corrected chi connectivity index (χ2v) is 8.18. The van der Waals surface area contributed by atoms with Crippen LogP contribution < -0.4 is 10.6 Å². The van der Waals surface area contributed by atoms with Crippen LogP contribution in [0.25, 0.3) is 10.9 Å². The zero-order valence-electron chi connectivity index (χ0n) is 15.4. The van der Waals surface area contributed by atoms with Crippen LogP contribution in [-0.2, 0) is 24.3 Å². The molecule has 3 atom stereocenters. The summed E-state index contributed by atoms with van der Waals surface area (Å²) in [7, 11) is -1.02. The van der Waals surface area contributed by atoms with Gasteiger partial charge in [0.15, 0.2) is 6.23 Å². The van der Waals surface area contributed by atoms with E-state index in [4.69, 9.17) is 19.5 Å². The number of nitrogens with two attached hydrogens (primary N) is 1. The van der Waals surface area contributed by atoms with Crippen LogP contribution in [0.4, 0.5) is 0 Å². The van der Waals surface area contributed by atoms with Crippen molar-refractivity contribution in [1.29, 1.82) is 0 Å². The van der Waals surface area contributed by atoms with Crippen molar-refractivity contribution in [3.05, 3.63) is 42.1 Å². The summed E-state index contributed by atoms with van der Waals surface area (Å²) in [5.74, 6) is -0.684. The summed E-state index contributed by atoms with van der Waals surface area (Å²) < 4.78 is 34.3. The number of benzene rings is 1. The Morgan fingerprint density at radius 3 is 2.71 bits per heavy atom. The third-order valence-corrected chi connectivity index (χ3v) is 5.82. The lowest BCUT2D eigenvalue weighted by Crippen LogP contribution is -2.51. The van der Waals surface area contributed by atoms with E-state index in [9.17, 15) is 13.2 Å². The molecule has 152 valence electrons. The van der Waals surface area contributed by atoms with E-state index < -0.39 is 33.6 Å². The van der Waals surface area contributed by atoms with Crippen molar-refractivity contribution in [2.45, 2.75) is 24.0 Å². The molecule has 28 heavy (non-hydrogen) atoms. The number of hydrogen-bond acceptors (Lipinski definition) is 9. The third-order valence-electron chi connectivity index (χ3n) is 4.54. The van der Waals surface area contributed by atoms with Crippen molar-refractivity contribution in [2.24, 2.45) is 5.14 Å².